The lowest BCUT2D eigenvalue weighted by atomic mass is 10.0. The lowest BCUT2D eigenvalue weighted by molar-refractivity contribution is 0.652. The molecule has 0 saturated carbocycles. The lowest BCUT2D eigenvalue weighted by Crippen LogP contribution is -2.11. The van der Waals surface area contributed by atoms with E-state index in [2.05, 4.69) is 47.3 Å². The second-order valence-corrected chi connectivity index (χ2v) is 5.71. The zero-order chi connectivity index (χ0) is 12.1. The number of benzene rings is 1. The average molecular weight is 263 g/mol. The van der Waals surface area contributed by atoms with Gasteiger partial charge in [-0.05, 0) is 59.2 Å². The van der Waals surface area contributed by atoms with Crippen molar-refractivity contribution in [1.82, 2.24) is 0 Å². The van der Waals surface area contributed by atoms with Gasteiger partial charge < -0.3 is 5.73 Å². The molecule has 0 aliphatic carbocycles. The number of thioether (sulfide) groups is 1. The molecule has 0 bridgehead atoms. The topological polar surface area (TPSA) is 26.0 Å². The lowest BCUT2D eigenvalue weighted by Gasteiger charge is -2.11. The van der Waals surface area contributed by atoms with Crippen molar-refractivity contribution >= 4 is 23.1 Å². The van der Waals surface area contributed by atoms with Crippen LogP contribution in [0.5, 0.6) is 0 Å². The molecule has 0 radical (unpaired) electrons. The summed E-state index contributed by atoms with van der Waals surface area (Å²) in [7, 11) is 0. The molecule has 0 spiro atoms. The first-order valence-corrected chi connectivity index (χ1v) is 7.87. The van der Waals surface area contributed by atoms with E-state index in [4.69, 9.17) is 5.73 Å². The van der Waals surface area contributed by atoms with Crippen LogP contribution in [0.3, 0.4) is 0 Å². The van der Waals surface area contributed by atoms with Crippen molar-refractivity contribution in [2.45, 2.75) is 23.8 Å². The summed E-state index contributed by atoms with van der Waals surface area (Å²) >= 11 is 3.51. The molecule has 2 aromatic rings. The van der Waals surface area contributed by atoms with Gasteiger partial charge in [-0.15, -0.1) is 11.8 Å². The van der Waals surface area contributed by atoms with E-state index < -0.39 is 0 Å². The van der Waals surface area contributed by atoms with Gasteiger partial charge in [-0.2, -0.15) is 11.3 Å². The molecular weight excluding hydrogens is 246 g/mol. The van der Waals surface area contributed by atoms with Crippen LogP contribution in [0, 0.1) is 0 Å². The molecule has 1 atom stereocenters. The monoisotopic (exact) mass is 263 g/mol. The summed E-state index contributed by atoms with van der Waals surface area (Å²) in [6, 6.07) is 10.9. The fourth-order valence-electron chi connectivity index (χ4n) is 1.77. The summed E-state index contributed by atoms with van der Waals surface area (Å²) in [5, 5.41) is 4.32. The van der Waals surface area contributed by atoms with Gasteiger partial charge in [0.25, 0.3) is 0 Å². The number of hydrogen-bond donors (Lipinski definition) is 1. The van der Waals surface area contributed by atoms with E-state index in [0.717, 1.165) is 12.8 Å². The quantitative estimate of drug-likeness (QED) is 0.822. The molecule has 90 valence electrons. The zero-order valence-electron chi connectivity index (χ0n) is 9.93. The average Bonchev–Trinajstić information content (AvgIpc) is 2.89. The molecule has 2 N–H and O–H groups in total. The Labute approximate surface area is 111 Å². The van der Waals surface area contributed by atoms with Crippen molar-refractivity contribution in [2.75, 3.05) is 6.26 Å². The van der Waals surface area contributed by atoms with Crippen LogP contribution in [-0.2, 0) is 6.42 Å². The summed E-state index contributed by atoms with van der Waals surface area (Å²) in [5.74, 6) is 0. The first kappa shape index (κ1) is 12.7. The molecule has 0 fully saturated rings. The van der Waals surface area contributed by atoms with Gasteiger partial charge in [0.2, 0.25) is 0 Å². The zero-order valence-corrected chi connectivity index (χ0v) is 11.6. The SMILES string of the molecule is CSc1ccc(C(N)CCc2ccsc2)cc1. The van der Waals surface area contributed by atoms with Gasteiger partial charge in [0.1, 0.15) is 0 Å². The van der Waals surface area contributed by atoms with Crippen LogP contribution in [0.4, 0.5) is 0 Å². The van der Waals surface area contributed by atoms with Crippen LogP contribution < -0.4 is 5.73 Å². The first-order valence-electron chi connectivity index (χ1n) is 5.70. The van der Waals surface area contributed by atoms with Crippen LogP contribution in [-0.4, -0.2) is 6.26 Å². The third-order valence-electron chi connectivity index (χ3n) is 2.87. The minimum absolute atomic E-state index is 0.144. The normalized spacial score (nSPS) is 12.6. The van der Waals surface area contributed by atoms with Gasteiger partial charge in [-0.25, -0.2) is 0 Å². The molecule has 2 rings (SSSR count). The highest BCUT2D eigenvalue weighted by Crippen LogP contribution is 2.21. The van der Waals surface area contributed by atoms with Crippen LogP contribution >= 0.6 is 23.1 Å². The highest BCUT2D eigenvalue weighted by atomic mass is 32.2. The maximum atomic E-state index is 6.20. The van der Waals surface area contributed by atoms with Crippen molar-refractivity contribution in [2.24, 2.45) is 5.73 Å². The third-order valence-corrected chi connectivity index (χ3v) is 4.34. The Balaban J connectivity index is 1.92. The molecule has 3 heteroatoms. The molecule has 1 heterocycles. The van der Waals surface area contributed by atoms with Crippen molar-refractivity contribution in [3.63, 3.8) is 0 Å². The molecular formula is C14H17NS2. The Morgan fingerprint density at radius 1 is 1.24 bits per heavy atom. The molecule has 1 aromatic carbocycles. The molecule has 0 amide bonds. The van der Waals surface area contributed by atoms with E-state index in [1.807, 2.05) is 0 Å². The second-order valence-electron chi connectivity index (χ2n) is 4.05. The third kappa shape index (κ3) is 3.60. The summed E-state index contributed by atoms with van der Waals surface area (Å²) in [6.45, 7) is 0. The Bertz CT molecular complexity index is 434. The summed E-state index contributed by atoms with van der Waals surface area (Å²) in [5.41, 5.74) is 8.83. The largest absolute Gasteiger partial charge is 0.324 e. The predicted octanol–water partition coefficient (Wildman–Crippen LogP) is 4.10. The van der Waals surface area contributed by atoms with Gasteiger partial charge in [0.15, 0.2) is 0 Å². The standard InChI is InChI=1S/C14H17NS2/c1-16-13-5-3-12(4-6-13)14(15)7-2-11-8-9-17-10-11/h3-6,8-10,14H,2,7,15H2,1H3. The Morgan fingerprint density at radius 3 is 2.59 bits per heavy atom. The molecule has 0 aliphatic rings. The smallest absolute Gasteiger partial charge is 0.0298 e. The van der Waals surface area contributed by atoms with Gasteiger partial charge in [0, 0.05) is 10.9 Å². The molecule has 17 heavy (non-hydrogen) atoms. The van der Waals surface area contributed by atoms with Crippen LogP contribution in [0.25, 0.3) is 0 Å². The maximum absolute atomic E-state index is 6.20. The number of hydrogen-bond acceptors (Lipinski definition) is 3. The highest BCUT2D eigenvalue weighted by Gasteiger charge is 2.06. The number of nitrogens with two attached hydrogens (primary N) is 1. The van der Waals surface area contributed by atoms with E-state index in [9.17, 15) is 0 Å². The van der Waals surface area contributed by atoms with E-state index in [1.54, 1.807) is 23.1 Å². The van der Waals surface area contributed by atoms with Gasteiger partial charge in [-0.3, -0.25) is 0 Å². The summed E-state index contributed by atoms with van der Waals surface area (Å²) < 4.78 is 0. The fraction of sp³-hybridized carbons (Fsp3) is 0.286. The van der Waals surface area contributed by atoms with E-state index in [-0.39, 0.29) is 6.04 Å². The fourth-order valence-corrected chi connectivity index (χ4v) is 2.89. The van der Waals surface area contributed by atoms with Crippen molar-refractivity contribution in [1.29, 1.82) is 0 Å². The van der Waals surface area contributed by atoms with Gasteiger partial charge in [-0.1, -0.05) is 12.1 Å². The molecule has 1 unspecified atom stereocenters. The van der Waals surface area contributed by atoms with Crippen molar-refractivity contribution in [3.8, 4) is 0 Å². The van der Waals surface area contributed by atoms with E-state index >= 15 is 0 Å². The number of thiophene rings is 1. The van der Waals surface area contributed by atoms with Gasteiger partial charge in [0.05, 0.1) is 0 Å². The summed E-state index contributed by atoms with van der Waals surface area (Å²) in [6.07, 6.45) is 4.16. The predicted molar refractivity (Wildman–Crippen MR) is 77.8 cm³/mol. The van der Waals surface area contributed by atoms with Crippen molar-refractivity contribution in [3.05, 3.63) is 52.2 Å². The van der Waals surface area contributed by atoms with Crippen molar-refractivity contribution < 1.29 is 0 Å². The Hall–Kier alpha value is -0.770. The Morgan fingerprint density at radius 2 is 2.00 bits per heavy atom. The van der Waals surface area contributed by atoms with E-state index in [1.165, 1.54) is 16.0 Å². The molecule has 1 aromatic heterocycles. The second kappa shape index (κ2) is 6.24. The maximum Gasteiger partial charge on any atom is 0.0298 e. The minimum Gasteiger partial charge on any atom is -0.324 e. The molecule has 1 nitrogen and oxygen atoms in total. The van der Waals surface area contributed by atoms with E-state index in [0.29, 0.717) is 0 Å². The van der Waals surface area contributed by atoms with Crippen LogP contribution in [0.15, 0.2) is 46.0 Å². The van der Waals surface area contributed by atoms with Crippen LogP contribution in [0.2, 0.25) is 0 Å². The highest BCUT2D eigenvalue weighted by molar-refractivity contribution is 7.98. The molecule has 0 aliphatic heterocycles. The van der Waals surface area contributed by atoms with Crippen LogP contribution in [0.1, 0.15) is 23.6 Å². The number of aryl methyl sites for hydroxylation is 1. The first-order chi connectivity index (χ1) is 8.29. The number of rotatable bonds is 5. The Kier molecular flexibility index (Phi) is 4.66. The molecule has 0 saturated heterocycles. The minimum atomic E-state index is 0.144. The van der Waals surface area contributed by atoms with Gasteiger partial charge >= 0.3 is 0 Å². The summed E-state index contributed by atoms with van der Waals surface area (Å²) in [4.78, 5) is 1.29.